The fourth-order valence-electron chi connectivity index (χ4n) is 1.16. The number of ether oxygens (including phenoxy) is 1. The molecule has 0 amide bonds. The van der Waals surface area contributed by atoms with Crippen LogP contribution in [-0.2, 0) is 39.1 Å². The van der Waals surface area contributed by atoms with Crippen LogP contribution < -0.4 is 4.74 Å². The van der Waals surface area contributed by atoms with E-state index in [4.69, 9.17) is 4.74 Å². The molecule has 0 atom stereocenters. The Hall–Kier alpha value is 0.124. The summed E-state index contributed by atoms with van der Waals surface area (Å²) in [5, 5.41) is 0. The molecular weight excluding hydrogens is 237 g/mol. The average molecular weight is 254 g/mol. The first-order chi connectivity index (χ1) is 5.27. The van der Waals surface area contributed by atoms with Crippen molar-refractivity contribution >= 4 is 0 Å². The van der Waals surface area contributed by atoms with Gasteiger partial charge >= 0.3 is 0 Å². The Morgan fingerprint density at radius 2 is 1.92 bits per heavy atom. The molecule has 0 fully saturated rings. The molecule has 1 radical (unpaired) electrons. The molecule has 0 unspecified atom stereocenters. The van der Waals surface area contributed by atoms with Gasteiger partial charge in [0.05, 0.1) is 7.11 Å². The standard InChI is InChI=1S/C10H14O.CH3.Y/c1-4-9-5-6-10(11-3)8(2)7-9;;/h5-7H,4H2,1-3H3;1H3;/q;-1;. The largest absolute Gasteiger partial charge is 0.496 e. The number of hydrogen-bond donors (Lipinski definition) is 0. The normalized spacial score (nSPS) is 8.23. The summed E-state index contributed by atoms with van der Waals surface area (Å²) in [5.74, 6) is 0.974. The SMILES string of the molecule is CCc1ccc(OC)c(C)c1.[CH3-].[Y]. The Bertz CT molecular complexity index is 246. The van der Waals surface area contributed by atoms with Gasteiger partial charge in [-0.2, -0.15) is 0 Å². The van der Waals surface area contributed by atoms with Crippen LogP contribution in [0.3, 0.4) is 0 Å². The van der Waals surface area contributed by atoms with Crippen LogP contribution in [0.25, 0.3) is 0 Å². The molecular formula is C11H17OY-. The molecule has 0 spiro atoms. The predicted molar refractivity (Wildman–Crippen MR) is 53.5 cm³/mol. The maximum atomic E-state index is 5.14. The molecule has 1 rings (SSSR count). The van der Waals surface area contributed by atoms with Gasteiger partial charge in [0.25, 0.3) is 0 Å². The van der Waals surface area contributed by atoms with E-state index in [9.17, 15) is 0 Å². The number of aryl methyl sites for hydroxylation is 2. The molecule has 1 nitrogen and oxygen atoms in total. The summed E-state index contributed by atoms with van der Waals surface area (Å²) in [7, 11) is 1.70. The molecule has 0 aromatic heterocycles. The summed E-state index contributed by atoms with van der Waals surface area (Å²) in [4.78, 5) is 0. The summed E-state index contributed by atoms with van der Waals surface area (Å²) in [6, 6.07) is 6.29. The Kier molecular flexibility index (Phi) is 9.02. The third kappa shape index (κ3) is 4.24. The second-order valence-corrected chi connectivity index (χ2v) is 2.66. The molecule has 0 saturated heterocycles. The van der Waals surface area contributed by atoms with E-state index in [1.54, 1.807) is 7.11 Å². The van der Waals surface area contributed by atoms with Crippen molar-refractivity contribution in [1.29, 1.82) is 0 Å². The Labute approximate surface area is 107 Å². The van der Waals surface area contributed by atoms with Crippen molar-refractivity contribution in [2.24, 2.45) is 0 Å². The maximum Gasteiger partial charge on any atom is 0.121 e. The summed E-state index contributed by atoms with van der Waals surface area (Å²) in [6.45, 7) is 4.22. The molecule has 13 heavy (non-hydrogen) atoms. The van der Waals surface area contributed by atoms with E-state index in [0.717, 1.165) is 12.2 Å². The molecule has 2 heteroatoms. The van der Waals surface area contributed by atoms with E-state index in [1.165, 1.54) is 11.1 Å². The smallest absolute Gasteiger partial charge is 0.121 e. The first-order valence-electron chi connectivity index (χ1n) is 3.91. The number of benzene rings is 1. The van der Waals surface area contributed by atoms with Crippen molar-refractivity contribution in [2.75, 3.05) is 7.11 Å². The van der Waals surface area contributed by atoms with Gasteiger partial charge in [0.2, 0.25) is 0 Å². The van der Waals surface area contributed by atoms with E-state index in [0.29, 0.717) is 0 Å². The summed E-state index contributed by atoms with van der Waals surface area (Å²) < 4.78 is 5.14. The van der Waals surface area contributed by atoms with Gasteiger partial charge in [0.1, 0.15) is 5.75 Å². The van der Waals surface area contributed by atoms with Crippen LogP contribution in [0.5, 0.6) is 5.75 Å². The van der Waals surface area contributed by atoms with Crippen LogP contribution in [0.4, 0.5) is 0 Å². The minimum Gasteiger partial charge on any atom is -0.496 e. The molecule has 1 aromatic carbocycles. The first kappa shape index (κ1) is 15.6. The minimum atomic E-state index is 0. The van der Waals surface area contributed by atoms with Crippen LogP contribution in [0.1, 0.15) is 18.1 Å². The summed E-state index contributed by atoms with van der Waals surface area (Å²) >= 11 is 0. The molecule has 0 aliphatic heterocycles. The van der Waals surface area contributed by atoms with Gasteiger partial charge in [0.15, 0.2) is 0 Å². The molecule has 0 saturated carbocycles. The zero-order chi connectivity index (χ0) is 8.27. The zero-order valence-corrected chi connectivity index (χ0v) is 11.8. The van der Waals surface area contributed by atoms with Crippen LogP contribution in [0.2, 0.25) is 0 Å². The van der Waals surface area contributed by atoms with Gasteiger partial charge in [-0.25, -0.2) is 0 Å². The van der Waals surface area contributed by atoms with E-state index >= 15 is 0 Å². The van der Waals surface area contributed by atoms with Crippen molar-refractivity contribution < 1.29 is 37.4 Å². The third-order valence-corrected chi connectivity index (χ3v) is 1.87. The average Bonchev–Trinajstić information content (AvgIpc) is 2.04. The van der Waals surface area contributed by atoms with Crippen LogP contribution in [0, 0.1) is 14.4 Å². The van der Waals surface area contributed by atoms with Crippen molar-refractivity contribution in [3.8, 4) is 5.75 Å². The van der Waals surface area contributed by atoms with Gasteiger partial charge in [-0.1, -0.05) is 19.1 Å². The Morgan fingerprint density at radius 3 is 2.31 bits per heavy atom. The quantitative estimate of drug-likeness (QED) is 0.737. The number of rotatable bonds is 2. The second-order valence-electron chi connectivity index (χ2n) is 2.66. The van der Waals surface area contributed by atoms with E-state index in [2.05, 4.69) is 26.0 Å². The third-order valence-electron chi connectivity index (χ3n) is 1.87. The molecule has 0 bridgehead atoms. The van der Waals surface area contributed by atoms with E-state index < -0.39 is 0 Å². The van der Waals surface area contributed by atoms with Crippen molar-refractivity contribution in [3.63, 3.8) is 0 Å². The molecule has 0 aliphatic carbocycles. The maximum absolute atomic E-state index is 5.14. The van der Waals surface area contributed by atoms with Gasteiger partial charge in [0, 0.05) is 32.7 Å². The molecule has 1 aromatic rings. The molecule has 0 heterocycles. The topological polar surface area (TPSA) is 9.23 Å². The molecule has 0 aliphatic rings. The summed E-state index contributed by atoms with van der Waals surface area (Å²) in [6.07, 6.45) is 1.09. The fraction of sp³-hybridized carbons (Fsp3) is 0.364. The Morgan fingerprint density at radius 1 is 1.31 bits per heavy atom. The van der Waals surface area contributed by atoms with E-state index in [-0.39, 0.29) is 40.1 Å². The second kappa shape index (κ2) is 7.52. The minimum absolute atomic E-state index is 0. The van der Waals surface area contributed by atoms with Crippen molar-refractivity contribution in [3.05, 3.63) is 36.8 Å². The number of hydrogen-bond acceptors (Lipinski definition) is 1. The van der Waals surface area contributed by atoms with Crippen LogP contribution in [0.15, 0.2) is 18.2 Å². The zero-order valence-electron chi connectivity index (χ0n) is 8.92. The van der Waals surface area contributed by atoms with Crippen LogP contribution >= 0.6 is 0 Å². The van der Waals surface area contributed by atoms with Gasteiger partial charge in [-0.05, 0) is 30.5 Å². The first-order valence-corrected chi connectivity index (χ1v) is 3.91. The molecule has 71 valence electrons. The molecule has 0 N–H and O–H groups in total. The predicted octanol–water partition coefficient (Wildman–Crippen LogP) is 3.01. The number of methoxy groups -OCH3 is 1. The summed E-state index contributed by atoms with van der Waals surface area (Å²) in [5.41, 5.74) is 2.58. The van der Waals surface area contributed by atoms with Gasteiger partial charge in [-0.15, -0.1) is 0 Å². The van der Waals surface area contributed by atoms with Crippen molar-refractivity contribution in [1.82, 2.24) is 0 Å². The monoisotopic (exact) mass is 254 g/mol. The van der Waals surface area contributed by atoms with Crippen LogP contribution in [-0.4, -0.2) is 7.11 Å². The Balaban J connectivity index is 0. The van der Waals surface area contributed by atoms with Crippen molar-refractivity contribution in [2.45, 2.75) is 20.3 Å². The van der Waals surface area contributed by atoms with Gasteiger partial charge in [-0.3, -0.25) is 0 Å². The van der Waals surface area contributed by atoms with Gasteiger partial charge < -0.3 is 12.2 Å². The fourth-order valence-corrected chi connectivity index (χ4v) is 1.16. The van der Waals surface area contributed by atoms with E-state index in [1.807, 2.05) is 6.07 Å².